The summed E-state index contributed by atoms with van der Waals surface area (Å²) in [5.41, 5.74) is 3.96. The number of hydrogen-bond acceptors (Lipinski definition) is 3. The lowest BCUT2D eigenvalue weighted by molar-refractivity contribution is -0.123. The van der Waals surface area contributed by atoms with Gasteiger partial charge in [-0.25, -0.2) is 0 Å². The summed E-state index contributed by atoms with van der Waals surface area (Å²) in [4.78, 5) is 23.8. The Balaban J connectivity index is 1.53. The predicted molar refractivity (Wildman–Crippen MR) is 96.5 cm³/mol. The molecule has 2 N–H and O–H groups in total. The highest BCUT2D eigenvalue weighted by Gasteiger charge is 2.23. The molecular weight excluding hydrogens is 316 g/mol. The van der Waals surface area contributed by atoms with Crippen LogP contribution >= 0.6 is 0 Å². The van der Waals surface area contributed by atoms with Gasteiger partial charge in [0.1, 0.15) is 5.75 Å². The van der Waals surface area contributed by atoms with Gasteiger partial charge in [-0.05, 0) is 49.1 Å². The summed E-state index contributed by atoms with van der Waals surface area (Å²) in [6, 6.07) is 13.6. The fraction of sp³-hybridized carbons (Fsp3) is 0.300. The number of fused-ring (bicyclic) bond motifs is 1. The Hall–Kier alpha value is -2.82. The van der Waals surface area contributed by atoms with Gasteiger partial charge in [-0.1, -0.05) is 30.3 Å². The quantitative estimate of drug-likeness (QED) is 0.881. The zero-order valence-corrected chi connectivity index (χ0v) is 14.5. The van der Waals surface area contributed by atoms with Crippen molar-refractivity contribution in [2.75, 3.05) is 5.32 Å². The van der Waals surface area contributed by atoms with Gasteiger partial charge < -0.3 is 15.4 Å². The molecule has 1 atom stereocenters. The van der Waals surface area contributed by atoms with Gasteiger partial charge in [0.05, 0.1) is 5.69 Å². The maximum absolute atomic E-state index is 12.1. The highest BCUT2D eigenvalue weighted by molar-refractivity contribution is 5.97. The molecule has 0 saturated carbocycles. The molecule has 0 aromatic heterocycles. The first-order chi connectivity index (χ1) is 12.0. The zero-order valence-electron chi connectivity index (χ0n) is 14.5. The number of ether oxygens (including phenoxy) is 1. The summed E-state index contributed by atoms with van der Waals surface area (Å²) in [6.45, 7) is 4.18. The lowest BCUT2D eigenvalue weighted by Gasteiger charge is -2.23. The smallest absolute Gasteiger partial charge is 0.265 e. The van der Waals surface area contributed by atoms with E-state index in [1.807, 2.05) is 30.3 Å². The number of rotatable bonds is 5. The number of benzene rings is 2. The van der Waals surface area contributed by atoms with Crippen molar-refractivity contribution in [2.24, 2.45) is 0 Å². The van der Waals surface area contributed by atoms with Crippen LogP contribution < -0.4 is 15.4 Å². The molecule has 2 aromatic rings. The molecule has 5 nitrogen and oxygen atoms in total. The molecule has 1 unspecified atom stereocenters. The highest BCUT2D eigenvalue weighted by atomic mass is 16.5. The normalized spacial score (nSPS) is 15.8. The third-order valence-corrected chi connectivity index (χ3v) is 4.35. The van der Waals surface area contributed by atoms with Crippen molar-refractivity contribution >= 4 is 17.5 Å². The minimum Gasteiger partial charge on any atom is -0.479 e. The van der Waals surface area contributed by atoms with Crippen LogP contribution in [0.4, 0.5) is 5.69 Å². The Morgan fingerprint density at radius 3 is 2.84 bits per heavy atom. The third kappa shape index (κ3) is 4.18. The van der Waals surface area contributed by atoms with Crippen LogP contribution in [0.15, 0.2) is 42.5 Å². The number of aryl methyl sites for hydroxylation is 2. The topological polar surface area (TPSA) is 67.4 Å². The van der Waals surface area contributed by atoms with Crippen LogP contribution in [0.1, 0.15) is 30.0 Å². The van der Waals surface area contributed by atoms with E-state index in [0.717, 1.165) is 12.0 Å². The van der Waals surface area contributed by atoms with Crippen molar-refractivity contribution in [2.45, 2.75) is 39.3 Å². The molecule has 1 aliphatic heterocycles. The van der Waals surface area contributed by atoms with Crippen LogP contribution in [0.25, 0.3) is 0 Å². The van der Waals surface area contributed by atoms with Crippen LogP contribution in [-0.2, 0) is 22.6 Å². The molecule has 5 heteroatoms. The average molecular weight is 338 g/mol. The first-order valence-corrected chi connectivity index (χ1v) is 8.44. The van der Waals surface area contributed by atoms with Crippen LogP contribution in [0.5, 0.6) is 5.75 Å². The molecule has 0 bridgehead atoms. The van der Waals surface area contributed by atoms with E-state index in [1.54, 1.807) is 6.92 Å². The van der Waals surface area contributed by atoms with Crippen molar-refractivity contribution in [3.8, 4) is 5.75 Å². The maximum atomic E-state index is 12.1. The van der Waals surface area contributed by atoms with Gasteiger partial charge in [0.25, 0.3) is 5.91 Å². The van der Waals surface area contributed by atoms with Gasteiger partial charge in [-0.2, -0.15) is 0 Å². The average Bonchev–Trinajstić information content (AvgIpc) is 2.60. The van der Waals surface area contributed by atoms with E-state index in [-0.39, 0.29) is 11.8 Å². The molecule has 0 aliphatic carbocycles. The number of carbonyl (C=O) groups excluding carboxylic acids is 2. The summed E-state index contributed by atoms with van der Waals surface area (Å²) < 4.78 is 5.52. The number of hydrogen-bond donors (Lipinski definition) is 2. The predicted octanol–water partition coefficient (Wildman–Crippen LogP) is 2.96. The SMILES string of the molecule is Cc1ccccc1CCC(=O)NCc1ccc2c(c1)NC(=O)C(C)O2. The van der Waals surface area contributed by atoms with Crippen molar-refractivity contribution in [1.82, 2.24) is 5.32 Å². The van der Waals surface area contributed by atoms with E-state index in [1.165, 1.54) is 11.1 Å². The van der Waals surface area contributed by atoms with E-state index >= 15 is 0 Å². The highest BCUT2D eigenvalue weighted by Crippen LogP contribution is 2.30. The van der Waals surface area contributed by atoms with Gasteiger partial charge in [-0.15, -0.1) is 0 Å². The molecule has 2 amide bonds. The Bertz CT molecular complexity index is 801. The minimum absolute atomic E-state index is 0.00915. The van der Waals surface area contributed by atoms with Crippen molar-refractivity contribution < 1.29 is 14.3 Å². The first-order valence-electron chi connectivity index (χ1n) is 8.44. The molecule has 1 heterocycles. The Labute approximate surface area is 147 Å². The second-order valence-corrected chi connectivity index (χ2v) is 6.28. The van der Waals surface area contributed by atoms with Gasteiger partial charge in [0, 0.05) is 13.0 Å². The van der Waals surface area contributed by atoms with Crippen LogP contribution in [-0.4, -0.2) is 17.9 Å². The van der Waals surface area contributed by atoms with Crippen molar-refractivity contribution in [3.05, 3.63) is 59.2 Å². The number of anilines is 1. The standard InChI is InChI=1S/C20H22N2O3/c1-13-5-3-4-6-16(13)8-10-19(23)21-12-15-7-9-18-17(11-15)22-20(24)14(2)25-18/h3-7,9,11,14H,8,10,12H2,1-2H3,(H,21,23)(H,22,24). The summed E-state index contributed by atoms with van der Waals surface area (Å²) in [6.07, 6.45) is 0.692. The van der Waals surface area contributed by atoms with Crippen molar-refractivity contribution in [1.29, 1.82) is 0 Å². The maximum Gasteiger partial charge on any atom is 0.265 e. The second kappa shape index (κ2) is 7.38. The molecule has 0 spiro atoms. The molecule has 130 valence electrons. The molecular formula is C20H22N2O3. The summed E-state index contributed by atoms with van der Waals surface area (Å²) in [5.74, 6) is 0.503. The molecule has 0 fully saturated rings. The molecule has 0 radical (unpaired) electrons. The summed E-state index contributed by atoms with van der Waals surface area (Å²) >= 11 is 0. The molecule has 1 aliphatic rings. The largest absolute Gasteiger partial charge is 0.479 e. The molecule has 25 heavy (non-hydrogen) atoms. The Kier molecular flexibility index (Phi) is 5.03. The van der Waals surface area contributed by atoms with E-state index in [2.05, 4.69) is 29.7 Å². The fourth-order valence-corrected chi connectivity index (χ4v) is 2.79. The van der Waals surface area contributed by atoms with Gasteiger partial charge in [0.2, 0.25) is 5.91 Å². The van der Waals surface area contributed by atoms with Crippen LogP contribution in [0.2, 0.25) is 0 Å². The first kappa shape index (κ1) is 17.0. The van der Waals surface area contributed by atoms with Gasteiger partial charge in [-0.3, -0.25) is 9.59 Å². The molecule has 0 saturated heterocycles. The van der Waals surface area contributed by atoms with Gasteiger partial charge >= 0.3 is 0 Å². The lowest BCUT2D eigenvalue weighted by Crippen LogP contribution is -2.34. The van der Waals surface area contributed by atoms with E-state index < -0.39 is 6.10 Å². The summed E-state index contributed by atoms with van der Waals surface area (Å²) in [5, 5.41) is 5.74. The Morgan fingerprint density at radius 2 is 2.04 bits per heavy atom. The third-order valence-electron chi connectivity index (χ3n) is 4.35. The zero-order chi connectivity index (χ0) is 17.8. The number of amides is 2. The number of carbonyl (C=O) groups is 2. The van der Waals surface area contributed by atoms with E-state index in [9.17, 15) is 9.59 Å². The summed E-state index contributed by atoms with van der Waals surface area (Å²) in [7, 11) is 0. The molecule has 3 rings (SSSR count). The Morgan fingerprint density at radius 1 is 1.24 bits per heavy atom. The monoisotopic (exact) mass is 338 g/mol. The second-order valence-electron chi connectivity index (χ2n) is 6.28. The van der Waals surface area contributed by atoms with Crippen molar-refractivity contribution in [3.63, 3.8) is 0 Å². The van der Waals surface area contributed by atoms with E-state index in [0.29, 0.717) is 24.4 Å². The molecule has 2 aromatic carbocycles. The van der Waals surface area contributed by atoms with Gasteiger partial charge in [0.15, 0.2) is 6.10 Å². The van der Waals surface area contributed by atoms with E-state index in [4.69, 9.17) is 4.74 Å². The van der Waals surface area contributed by atoms with Crippen LogP contribution in [0, 0.1) is 6.92 Å². The fourth-order valence-electron chi connectivity index (χ4n) is 2.79. The number of nitrogens with one attached hydrogen (secondary N) is 2. The van der Waals surface area contributed by atoms with Crippen LogP contribution in [0.3, 0.4) is 0 Å². The minimum atomic E-state index is -0.487. The lowest BCUT2D eigenvalue weighted by atomic mass is 10.0.